The molecule has 1 N–H and O–H groups in total. The molecule has 1 aliphatic heterocycles. The minimum Gasteiger partial charge on any atom is -0.494 e. The Bertz CT molecular complexity index is 1110. The maximum absolute atomic E-state index is 12.4. The Kier molecular flexibility index (Phi) is 5.65. The summed E-state index contributed by atoms with van der Waals surface area (Å²) in [4.78, 5) is 29.0. The van der Waals surface area contributed by atoms with Crippen molar-refractivity contribution in [1.29, 1.82) is 0 Å². The summed E-state index contributed by atoms with van der Waals surface area (Å²) in [5.41, 5.74) is 1.92. The van der Waals surface area contributed by atoms with Crippen LogP contribution in [0.2, 0.25) is 0 Å². The van der Waals surface area contributed by atoms with E-state index in [9.17, 15) is 9.59 Å². The van der Waals surface area contributed by atoms with Crippen molar-refractivity contribution in [2.24, 2.45) is 0 Å². The Morgan fingerprint density at radius 2 is 1.93 bits per heavy atom. The number of rotatable bonds is 7. The van der Waals surface area contributed by atoms with Gasteiger partial charge in [-0.25, -0.2) is 4.98 Å². The van der Waals surface area contributed by atoms with Crippen LogP contribution in [0.1, 0.15) is 12.5 Å². The highest BCUT2D eigenvalue weighted by molar-refractivity contribution is 5.75. The lowest BCUT2D eigenvalue weighted by Gasteiger charge is -2.09. The maximum atomic E-state index is 12.4. The Balaban J connectivity index is 1.37. The third-order valence-electron chi connectivity index (χ3n) is 4.58. The van der Waals surface area contributed by atoms with E-state index in [0.29, 0.717) is 30.3 Å². The molecule has 0 bridgehead atoms. The standard InChI is InChI=1S/C22H21N3O5/c1-2-28-17-6-4-16(5-7-17)18-10-22(27)25(13-24-18)12-21(26)23-11-15-3-8-19-20(9-15)30-14-29-19/h3-10,13H,2,11-12,14H2,1H3,(H,23,26). The molecule has 0 saturated heterocycles. The van der Waals surface area contributed by atoms with Gasteiger partial charge in [0.2, 0.25) is 12.7 Å². The van der Waals surface area contributed by atoms with Crippen LogP contribution in [0.25, 0.3) is 11.3 Å². The SMILES string of the molecule is CCOc1ccc(-c2cc(=O)n(CC(=O)NCc3ccc4c(c3)OCO4)cn2)cc1. The van der Waals surface area contributed by atoms with Crippen LogP contribution in [-0.2, 0) is 17.9 Å². The number of amides is 1. The summed E-state index contributed by atoms with van der Waals surface area (Å²) in [5, 5.41) is 2.79. The predicted molar refractivity (Wildman–Crippen MR) is 110 cm³/mol. The number of carbonyl (C=O) groups excluding carboxylic acids is 1. The van der Waals surface area contributed by atoms with Gasteiger partial charge in [-0.2, -0.15) is 0 Å². The molecule has 3 aromatic rings. The zero-order valence-electron chi connectivity index (χ0n) is 16.5. The van der Waals surface area contributed by atoms with Crippen molar-refractivity contribution in [3.8, 4) is 28.5 Å². The molecule has 0 radical (unpaired) electrons. The summed E-state index contributed by atoms with van der Waals surface area (Å²) >= 11 is 0. The van der Waals surface area contributed by atoms with Crippen LogP contribution in [0, 0.1) is 0 Å². The molecular weight excluding hydrogens is 386 g/mol. The second kappa shape index (κ2) is 8.69. The normalized spacial score (nSPS) is 11.9. The van der Waals surface area contributed by atoms with Gasteiger partial charge < -0.3 is 19.5 Å². The van der Waals surface area contributed by atoms with E-state index in [1.165, 1.54) is 17.0 Å². The summed E-state index contributed by atoms with van der Waals surface area (Å²) in [7, 11) is 0. The molecule has 4 rings (SSSR count). The lowest BCUT2D eigenvalue weighted by molar-refractivity contribution is -0.121. The minimum atomic E-state index is -0.299. The fourth-order valence-corrected chi connectivity index (χ4v) is 3.05. The van der Waals surface area contributed by atoms with Gasteiger partial charge in [-0.1, -0.05) is 6.07 Å². The molecule has 1 amide bonds. The molecule has 8 heteroatoms. The van der Waals surface area contributed by atoms with Crippen LogP contribution < -0.4 is 25.1 Å². The summed E-state index contributed by atoms with van der Waals surface area (Å²) in [6.07, 6.45) is 1.38. The van der Waals surface area contributed by atoms with E-state index >= 15 is 0 Å². The van der Waals surface area contributed by atoms with Crippen molar-refractivity contribution in [3.63, 3.8) is 0 Å². The molecule has 1 aromatic heterocycles. The van der Waals surface area contributed by atoms with Gasteiger partial charge in [0, 0.05) is 18.2 Å². The number of hydrogen-bond donors (Lipinski definition) is 1. The number of carbonyl (C=O) groups is 1. The van der Waals surface area contributed by atoms with Gasteiger partial charge in [-0.05, 0) is 48.9 Å². The number of ether oxygens (including phenoxy) is 3. The highest BCUT2D eigenvalue weighted by Gasteiger charge is 2.13. The van der Waals surface area contributed by atoms with E-state index in [0.717, 1.165) is 16.9 Å². The van der Waals surface area contributed by atoms with E-state index in [2.05, 4.69) is 10.3 Å². The van der Waals surface area contributed by atoms with Crippen LogP contribution in [0.5, 0.6) is 17.2 Å². The highest BCUT2D eigenvalue weighted by Crippen LogP contribution is 2.32. The lowest BCUT2D eigenvalue weighted by Crippen LogP contribution is -2.31. The average molecular weight is 407 g/mol. The lowest BCUT2D eigenvalue weighted by atomic mass is 10.1. The maximum Gasteiger partial charge on any atom is 0.254 e. The van der Waals surface area contributed by atoms with Crippen molar-refractivity contribution in [3.05, 3.63) is 70.8 Å². The second-order valence-electron chi connectivity index (χ2n) is 6.66. The molecule has 0 atom stereocenters. The average Bonchev–Trinajstić information content (AvgIpc) is 3.22. The predicted octanol–water partition coefficient (Wildman–Crippen LogP) is 2.35. The fourth-order valence-electron chi connectivity index (χ4n) is 3.05. The number of benzene rings is 2. The third-order valence-corrected chi connectivity index (χ3v) is 4.58. The van der Waals surface area contributed by atoms with E-state index in [1.807, 2.05) is 43.3 Å². The third kappa shape index (κ3) is 4.43. The first-order valence-electron chi connectivity index (χ1n) is 9.57. The number of aromatic nitrogens is 2. The fraction of sp³-hybridized carbons (Fsp3) is 0.227. The quantitative estimate of drug-likeness (QED) is 0.647. The van der Waals surface area contributed by atoms with Gasteiger partial charge >= 0.3 is 0 Å². The highest BCUT2D eigenvalue weighted by atomic mass is 16.7. The molecule has 0 unspecified atom stereocenters. The summed E-state index contributed by atoms with van der Waals surface area (Å²) in [5.74, 6) is 1.82. The summed E-state index contributed by atoms with van der Waals surface area (Å²) in [6.45, 7) is 2.92. The van der Waals surface area contributed by atoms with Gasteiger partial charge in [0.05, 0.1) is 18.6 Å². The molecule has 0 saturated carbocycles. The number of hydrogen-bond acceptors (Lipinski definition) is 6. The van der Waals surface area contributed by atoms with Gasteiger partial charge in [-0.15, -0.1) is 0 Å². The van der Waals surface area contributed by atoms with E-state index in [4.69, 9.17) is 14.2 Å². The van der Waals surface area contributed by atoms with Crippen LogP contribution in [0.4, 0.5) is 0 Å². The molecule has 2 heterocycles. The van der Waals surface area contributed by atoms with Gasteiger partial charge in [0.25, 0.3) is 5.56 Å². The molecule has 154 valence electrons. The topological polar surface area (TPSA) is 91.7 Å². The van der Waals surface area contributed by atoms with Crippen LogP contribution in [-0.4, -0.2) is 28.9 Å². The van der Waals surface area contributed by atoms with E-state index < -0.39 is 0 Å². The molecular formula is C22H21N3O5. The van der Waals surface area contributed by atoms with Crippen molar-refractivity contribution in [2.45, 2.75) is 20.0 Å². The van der Waals surface area contributed by atoms with E-state index in [-0.39, 0.29) is 24.8 Å². The first kappa shape index (κ1) is 19.5. The first-order chi connectivity index (χ1) is 14.6. The minimum absolute atomic E-state index is 0.111. The first-order valence-corrected chi connectivity index (χ1v) is 9.57. The van der Waals surface area contributed by atoms with Crippen molar-refractivity contribution in [2.75, 3.05) is 13.4 Å². The number of nitrogens with one attached hydrogen (secondary N) is 1. The monoisotopic (exact) mass is 407 g/mol. The second-order valence-corrected chi connectivity index (χ2v) is 6.66. The van der Waals surface area contributed by atoms with Gasteiger partial charge in [0.15, 0.2) is 11.5 Å². The molecule has 30 heavy (non-hydrogen) atoms. The Labute approximate surface area is 173 Å². The smallest absolute Gasteiger partial charge is 0.254 e. The Morgan fingerprint density at radius 3 is 2.70 bits per heavy atom. The van der Waals surface area contributed by atoms with Crippen molar-refractivity contribution < 1.29 is 19.0 Å². The van der Waals surface area contributed by atoms with Crippen LogP contribution in [0.3, 0.4) is 0 Å². The van der Waals surface area contributed by atoms with Gasteiger partial charge in [0.1, 0.15) is 12.3 Å². The molecule has 2 aromatic carbocycles. The van der Waals surface area contributed by atoms with Crippen molar-refractivity contribution in [1.82, 2.24) is 14.9 Å². The summed E-state index contributed by atoms with van der Waals surface area (Å²) < 4.78 is 17.3. The van der Waals surface area contributed by atoms with Crippen LogP contribution >= 0.6 is 0 Å². The zero-order chi connectivity index (χ0) is 20.9. The molecule has 0 spiro atoms. The largest absolute Gasteiger partial charge is 0.494 e. The summed E-state index contributed by atoms with van der Waals surface area (Å²) in [6, 6.07) is 14.2. The molecule has 0 fully saturated rings. The number of fused-ring (bicyclic) bond motifs is 1. The van der Waals surface area contributed by atoms with Crippen LogP contribution in [0.15, 0.2) is 59.7 Å². The Hall–Kier alpha value is -3.81. The molecule has 0 aliphatic carbocycles. The zero-order valence-corrected chi connectivity index (χ0v) is 16.5. The molecule has 8 nitrogen and oxygen atoms in total. The Morgan fingerprint density at radius 1 is 1.13 bits per heavy atom. The molecule has 1 aliphatic rings. The number of nitrogens with zero attached hydrogens (tertiary/aromatic N) is 2. The van der Waals surface area contributed by atoms with Gasteiger partial charge in [-0.3, -0.25) is 14.2 Å². The van der Waals surface area contributed by atoms with E-state index in [1.54, 1.807) is 6.07 Å². The van der Waals surface area contributed by atoms with Crippen molar-refractivity contribution >= 4 is 5.91 Å².